The van der Waals surface area contributed by atoms with Crippen LogP contribution in [0.3, 0.4) is 0 Å². The molecule has 0 aromatic carbocycles. The summed E-state index contributed by atoms with van der Waals surface area (Å²) in [7, 11) is 1.59. The number of aromatic nitrogens is 3. The van der Waals surface area contributed by atoms with Gasteiger partial charge in [-0.3, -0.25) is 4.79 Å². The van der Waals surface area contributed by atoms with Crippen LogP contribution in [0.15, 0.2) is 0 Å². The van der Waals surface area contributed by atoms with Crippen LogP contribution in [0, 0.1) is 0 Å². The van der Waals surface area contributed by atoms with E-state index in [0.29, 0.717) is 42.6 Å². The molecular weight excluding hydrogens is 418 g/mol. The van der Waals surface area contributed by atoms with E-state index < -0.39 is 5.97 Å². The predicted octanol–water partition coefficient (Wildman–Crippen LogP) is 2.37. The number of carbonyl (C=O) groups excluding carboxylic acids is 1. The third-order valence-corrected chi connectivity index (χ3v) is 6.53. The second-order valence-electron chi connectivity index (χ2n) is 6.72. The zero-order valence-corrected chi connectivity index (χ0v) is 18.1. The number of nitrogens with one attached hydrogen (secondary N) is 2. The Balaban J connectivity index is 1.69. The molecule has 3 N–H and O–H groups in total. The van der Waals surface area contributed by atoms with Crippen molar-refractivity contribution in [3.63, 3.8) is 0 Å². The molecule has 158 valence electrons. The molecule has 1 fully saturated rings. The molecule has 2 atom stereocenters. The molecule has 0 radical (unpaired) electrons. The summed E-state index contributed by atoms with van der Waals surface area (Å²) < 4.78 is 5.60. The first-order valence-electron chi connectivity index (χ1n) is 9.43. The number of hydrogen-bond acceptors (Lipinski definition) is 7. The van der Waals surface area contributed by atoms with Crippen molar-refractivity contribution in [1.82, 2.24) is 20.3 Å². The molecule has 1 aliphatic rings. The van der Waals surface area contributed by atoms with Crippen molar-refractivity contribution in [3.8, 4) is 0 Å². The number of H-pyrrole nitrogens is 1. The lowest BCUT2D eigenvalue weighted by Crippen LogP contribution is -2.55. The number of hydrogen-bond donors (Lipinski definition) is 3. The lowest BCUT2D eigenvalue weighted by molar-refractivity contribution is 0.0538. The number of thiazole rings is 1. The van der Waals surface area contributed by atoms with Crippen LogP contribution in [-0.4, -0.2) is 64.3 Å². The molecule has 0 aliphatic carbocycles. The fourth-order valence-corrected chi connectivity index (χ4v) is 4.63. The predicted molar refractivity (Wildman–Crippen MR) is 110 cm³/mol. The van der Waals surface area contributed by atoms with Crippen LogP contribution in [-0.2, 0) is 17.6 Å². The van der Waals surface area contributed by atoms with Crippen molar-refractivity contribution < 1.29 is 19.4 Å². The van der Waals surface area contributed by atoms with Gasteiger partial charge in [-0.15, -0.1) is 11.3 Å². The standard InChI is InChI=1S/C18H24ClN5O4S/c1-4-9-14(19)23-15(20-9)16(25)21-10-6-7-24(8-11(10)28-3)18-22-13(17(26)27)12(5-2)29-18/h10-11H,4-8H2,1-3H3,(H,20,23)(H,21,25)(H,26,27)/t10-,11+/m1/s1. The Labute approximate surface area is 177 Å². The number of methoxy groups -OCH3 is 1. The van der Waals surface area contributed by atoms with Crippen molar-refractivity contribution in [2.24, 2.45) is 0 Å². The number of halogens is 1. The number of carbonyl (C=O) groups is 2. The highest BCUT2D eigenvalue weighted by Crippen LogP contribution is 2.30. The molecule has 29 heavy (non-hydrogen) atoms. The minimum absolute atomic E-state index is 0.110. The minimum atomic E-state index is -1.02. The molecule has 3 rings (SSSR count). The van der Waals surface area contributed by atoms with Gasteiger partial charge in [-0.1, -0.05) is 25.4 Å². The number of anilines is 1. The number of rotatable bonds is 7. The van der Waals surface area contributed by atoms with Gasteiger partial charge in [-0.25, -0.2) is 14.8 Å². The van der Waals surface area contributed by atoms with Gasteiger partial charge in [0.1, 0.15) is 0 Å². The Morgan fingerprint density at radius 3 is 2.69 bits per heavy atom. The van der Waals surface area contributed by atoms with E-state index in [0.717, 1.165) is 10.6 Å². The van der Waals surface area contributed by atoms with E-state index in [1.54, 1.807) is 7.11 Å². The summed E-state index contributed by atoms with van der Waals surface area (Å²) >= 11 is 7.41. The Bertz CT molecular complexity index is 899. The minimum Gasteiger partial charge on any atom is -0.476 e. The first-order chi connectivity index (χ1) is 13.9. The summed E-state index contributed by atoms with van der Waals surface area (Å²) in [5.74, 6) is -1.16. The van der Waals surface area contributed by atoms with Crippen LogP contribution in [0.25, 0.3) is 0 Å². The first-order valence-corrected chi connectivity index (χ1v) is 10.6. The largest absolute Gasteiger partial charge is 0.476 e. The van der Waals surface area contributed by atoms with Gasteiger partial charge in [0, 0.05) is 25.1 Å². The highest BCUT2D eigenvalue weighted by atomic mass is 35.5. The van der Waals surface area contributed by atoms with Gasteiger partial charge in [-0.05, 0) is 19.3 Å². The van der Waals surface area contributed by atoms with Crippen molar-refractivity contribution >= 4 is 39.9 Å². The molecule has 1 saturated heterocycles. The van der Waals surface area contributed by atoms with Crippen molar-refractivity contribution in [1.29, 1.82) is 0 Å². The fourth-order valence-electron chi connectivity index (χ4n) is 3.34. The Morgan fingerprint density at radius 1 is 1.38 bits per heavy atom. The molecule has 0 saturated carbocycles. The van der Waals surface area contributed by atoms with E-state index in [2.05, 4.69) is 20.3 Å². The van der Waals surface area contributed by atoms with Gasteiger partial charge >= 0.3 is 5.97 Å². The molecule has 0 spiro atoms. The van der Waals surface area contributed by atoms with Crippen molar-refractivity contribution in [3.05, 3.63) is 27.2 Å². The van der Waals surface area contributed by atoms with E-state index in [9.17, 15) is 14.7 Å². The second kappa shape index (κ2) is 9.10. The molecule has 0 unspecified atom stereocenters. The first kappa shape index (κ1) is 21.5. The number of aromatic carboxylic acids is 1. The molecular formula is C18H24ClN5O4S. The number of amides is 1. The third-order valence-electron chi connectivity index (χ3n) is 4.96. The summed E-state index contributed by atoms with van der Waals surface area (Å²) in [5, 5.41) is 13.3. The fraction of sp³-hybridized carbons (Fsp3) is 0.556. The number of aromatic amines is 1. The van der Waals surface area contributed by atoms with Crippen LogP contribution in [0.2, 0.25) is 5.15 Å². The topological polar surface area (TPSA) is 120 Å². The third kappa shape index (κ3) is 4.54. The molecule has 0 bridgehead atoms. The van der Waals surface area contributed by atoms with Gasteiger partial charge in [0.25, 0.3) is 5.91 Å². The Kier molecular flexibility index (Phi) is 6.76. The van der Waals surface area contributed by atoms with Crippen LogP contribution in [0.4, 0.5) is 5.13 Å². The maximum Gasteiger partial charge on any atom is 0.355 e. The van der Waals surface area contributed by atoms with Gasteiger partial charge in [0.15, 0.2) is 21.8 Å². The normalized spacial score (nSPS) is 19.4. The average Bonchev–Trinajstić information content (AvgIpc) is 3.31. The van der Waals surface area contributed by atoms with Crippen molar-refractivity contribution in [2.75, 3.05) is 25.1 Å². The second-order valence-corrected chi connectivity index (χ2v) is 8.14. The zero-order chi connectivity index (χ0) is 21.1. The average molecular weight is 442 g/mol. The number of carboxylic acids is 1. The van der Waals surface area contributed by atoms with Crippen LogP contribution < -0.4 is 10.2 Å². The van der Waals surface area contributed by atoms with E-state index >= 15 is 0 Å². The molecule has 9 nitrogen and oxygen atoms in total. The molecule has 2 aromatic heterocycles. The molecule has 11 heteroatoms. The molecule has 1 amide bonds. The van der Waals surface area contributed by atoms with Gasteiger partial charge in [-0.2, -0.15) is 0 Å². The maximum atomic E-state index is 12.6. The number of piperidine rings is 1. The summed E-state index contributed by atoms with van der Waals surface area (Å²) in [5.41, 5.74) is 0.831. The maximum absolute atomic E-state index is 12.6. The molecule has 3 heterocycles. The smallest absolute Gasteiger partial charge is 0.355 e. The number of nitrogens with zero attached hydrogens (tertiary/aromatic N) is 3. The molecule has 2 aromatic rings. The quantitative estimate of drug-likeness (QED) is 0.603. The highest BCUT2D eigenvalue weighted by Gasteiger charge is 2.33. The summed E-state index contributed by atoms with van der Waals surface area (Å²) in [6.07, 6.45) is 1.63. The Morgan fingerprint density at radius 2 is 2.14 bits per heavy atom. The number of carboxylic acid groups (broad SMARTS) is 1. The summed E-state index contributed by atoms with van der Waals surface area (Å²) in [4.78, 5) is 38.0. The number of ether oxygens (including phenoxy) is 1. The lowest BCUT2D eigenvalue weighted by Gasteiger charge is -2.37. The number of aryl methyl sites for hydroxylation is 2. The summed E-state index contributed by atoms with van der Waals surface area (Å²) in [6, 6.07) is -0.206. The lowest BCUT2D eigenvalue weighted by atomic mass is 10.0. The van der Waals surface area contributed by atoms with E-state index in [-0.39, 0.29) is 29.6 Å². The highest BCUT2D eigenvalue weighted by molar-refractivity contribution is 7.15. The Hall–Kier alpha value is -2.17. The van der Waals surface area contributed by atoms with E-state index in [1.807, 2.05) is 18.7 Å². The SMILES string of the molecule is CCc1[nH]c(C(=O)N[C@@H]2CCN(c3nc(C(=O)O)c(CC)s3)C[C@@H]2OC)nc1Cl. The number of imidazole rings is 1. The van der Waals surface area contributed by atoms with Gasteiger partial charge in [0.05, 0.1) is 17.8 Å². The van der Waals surface area contributed by atoms with E-state index in [1.165, 1.54) is 11.3 Å². The van der Waals surface area contributed by atoms with Crippen molar-refractivity contribution in [2.45, 2.75) is 45.3 Å². The van der Waals surface area contributed by atoms with Gasteiger partial charge in [0.2, 0.25) is 0 Å². The summed E-state index contributed by atoms with van der Waals surface area (Å²) in [6.45, 7) is 4.96. The van der Waals surface area contributed by atoms with Crippen LogP contribution in [0.1, 0.15) is 51.9 Å². The van der Waals surface area contributed by atoms with Gasteiger partial charge < -0.3 is 25.0 Å². The van der Waals surface area contributed by atoms with Crippen LogP contribution >= 0.6 is 22.9 Å². The van der Waals surface area contributed by atoms with Crippen LogP contribution in [0.5, 0.6) is 0 Å². The van der Waals surface area contributed by atoms with E-state index in [4.69, 9.17) is 16.3 Å². The zero-order valence-electron chi connectivity index (χ0n) is 16.5. The monoisotopic (exact) mass is 441 g/mol. The molecule has 1 aliphatic heterocycles.